The van der Waals surface area contributed by atoms with Gasteiger partial charge in [-0.15, -0.1) is 0 Å². The molecule has 2 aromatic rings. The molecule has 3 saturated carbocycles. The van der Waals surface area contributed by atoms with Gasteiger partial charge in [-0.2, -0.15) is 0 Å². The van der Waals surface area contributed by atoms with E-state index in [0.717, 1.165) is 19.3 Å². The van der Waals surface area contributed by atoms with Crippen molar-refractivity contribution >= 4 is 17.7 Å². The molecule has 5 aliphatic rings. The van der Waals surface area contributed by atoms with E-state index in [-0.39, 0.29) is 35.5 Å². The largest absolute Gasteiger partial charge is 0.467 e. The van der Waals surface area contributed by atoms with Crippen LogP contribution in [0.15, 0.2) is 47.1 Å². The van der Waals surface area contributed by atoms with Crippen molar-refractivity contribution in [3.8, 4) is 5.75 Å². The highest BCUT2D eigenvalue weighted by Gasteiger charge is 2.57. The highest BCUT2D eigenvalue weighted by molar-refractivity contribution is 5.98. The Hall–Kier alpha value is -3.29. The molecule has 1 spiro atoms. The Morgan fingerprint density at radius 2 is 1.79 bits per heavy atom. The molecule has 1 aromatic heterocycles. The van der Waals surface area contributed by atoms with Crippen molar-refractivity contribution in [2.45, 2.75) is 31.4 Å². The van der Waals surface area contributed by atoms with Crippen LogP contribution in [0.5, 0.6) is 5.75 Å². The lowest BCUT2D eigenvalue weighted by molar-refractivity contribution is -0.156. The molecule has 2 aliphatic heterocycles. The van der Waals surface area contributed by atoms with Crippen molar-refractivity contribution in [1.29, 1.82) is 0 Å². The van der Waals surface area contributed by atoms with Gasteiger partial charge in [-0.1, -0.05) is 12.1 Å². The maximum atomic E-state index is 13.5. The lowest BCUT2D eigenvalue weighted by atomic mass is 9.59. The summed E-state index contributed by atoms with van der Waals surface area (Å²) in [7, 11) is 0. The molecule has 4 atom stereocenters. The second kappa shape index (κ2) is 7.64. The van der Waals surface area contributed by atoms with Crippen LogP contribution < -0.4 is 10.1 Å². The van der Waals surface area contributed by atoms with E-state index < -0.39 is 5.72 Å². The van der Waals surface area contributed by atoms with Crippen LogP contribution in [0, 0.1) is 17.8 Å². The van der Waals surface area contributed by atoms with Crippen molar-refractivity contribution in [2.24, 2.45) is 17.8 Å². The SMILES string of the molecule is O=C1N[C@]2(C[C@H]3CC[C@H]2C[C@@H]3C(=O)N2CCN(C(=O)c3ccco3)CC2)Oc2ccccc21. The average Bonchev–Trinajstić information content (AvgIpc) is 3.39. The lowest BCUT2D eigenvalue weighted by Crippen LogP contribution is -2.67. The van der Waals surface area contributed by atoms with Crippen molar-refractivity contribution in [1.82, 2.24) is 15.1 Å². The van der Waals surface area contributed by atoms with Gasteiger partial charge in [0.05, 0.1) is 11.8 Å². The number of amides is 3. The number of carbonyl (C=O) groups is 3. The number of benzene rings is 1. The van der Waals surface area contributed by atoms with Crippen molar-refractivity contribution < 1.29 is 23.5 Å². The van der Waals surface area contributed by atoms with E-state index in [0.29, 0.717) is 49.7 Å². The Labute approximate surface area is 191 Å². The van der Waals surface area contributed by atoms with Gasteiger partial charge in [0.15, 0.2) is 11.5 Å². The molecule has 4 fully saturated rings. The predicted molar refractivity (Wildman–Crippen MR) is 117 cm³/mol. The average molecular weight is 450 g/mol. The van der Waals surface area contributed by atoms with Gasteiger partial charge in [-0.05, 0) is 49.4 Å². The first-order valence-corrected chi connectivity index (χ1v) is 11.8. The van der Waals surface area contributed by atoms with Crippen LogP contribution in [0.2, 0.25) is 0 Å². The maximum Gasteiger partial charge on any atom is 0.289 e. The third-order valence-corrected chi connectivity index (χ3v) is 7.89. The molecule has 8 nitrogen and oxygen atoms in total. The first-order valence-electron chi connectivity index (χ1n) is 11.8. The molecule has 0 unspecified atom stereocenters. The van der Waals surface area contributed by atoms with Gasteiger partial charge < -0.3 is 24.3 Å². The van der Waals surface area contributed by atoms with Crippen molar-refractivity contribution in [3.63, 3.8) is 0 Å². The Kier molecular flexibility index (Phi) is 4.71. The zero-order valence-electron chi connectivity index (χ0n) is 18.4. The topological polar surface area (TPSA) is 92.1 Å². The summed E-state index contributed by atoms with van der Waals surface area (Å²) in [4.78, 5) is 42.4. The summed E-state index contributed by atoms with van der Waals surface area (Å²) >= 11 is 0. The van der Waals surface area contributed by atoms with E-state index in [1.807, 2.05) is 23.1 Å². The first kappa shape index (κ1) is 20.3. The Morgan fingerprint density at radius 3 is 2.52 bits per heavy atom. The van der Waals surface area contributed by atoms with Gasteiger partial charge in [-0.3, -0.25) is 14.4 Å². The number of ether oxygens (including phenoxy) is 1. The number of carbonyl (C=O) groups excluding carboxylic acids is 3. The third-order valence-electron chi connectivity index (χ3n) is 7.89. The molecular formula is C25H27N3O5. The molecule has 3 aliphatic carbocycles. The molecule has 7 rings (SSSR count). The molecule has 1 aromatic carbocycles. The maximum absolute atomic E-state index is 13.5. The number of hydrogen-bond donors (Lipinski definition) is 1. The molecule has 3 amide bonds. The fourth-order valence-corrected chi connectivity index (χ4v) is 6.18. The lowest BCUT2D eigenvalue weighted by Gasteiger charge is -2.55. The smallest absolute Gasteiger partial charge is 0.289 e. The van der Waals surface area contributed by atoms with Gasteiger partial charge in [0.25, 0.3) is 11.8 Å². The number of piperazine rings is 1. The van der Waals surface area contributed by atoms with E-state index in [4.69, 9.17) is 9.15 Å². The summed E-state index contributed by atoms with van der Waals surface area (Å²) in [6.07, 6.45) is 4.79. The minimum atomic E-state index is -0.709. The summed E-state index contributed by atoms with van der Waals surface area (Å²) in [5, 5.41) is 3.15. The Morgan fingerprint density at radius 1 is 1.00 bits per heavy atom. The second-order valence-electron chi connectivity index (χ2n) is 9.62. The molecule has 8 heteroatoms. The molecule has 0 radical (unpaired) electrons. The standard InChI is InChI=1S/C25H27N3O5/c29-22-18-4-1-2-5-20(18)33-25(26-22)15-16-7-8-17(25)14-19(16)23(30)27-9-11-28(12-10-27)24(31)21-6-3-13-32-21/h1-6,13,16-17,19H,7-12,14-15H2,(H,26,29)/t16-,17+,19+,25-/m1/s1. The highest BCUT2D eigenvalue weighted by atomic mass is 16.5. The molecule has 3 heterocycles. The van der Waals surface area contributed by atoms with Crippen molar-refractivity contribution in [3.05, 3.63) is 54.0 Å². The summed E-state index contributed by atoms with van der Waals surface area (Å²) in [6.45, 7) is 2.08. The number of nitrogens with one attached hydrogen (secondary N) is 1. The van der Waals surface area contributed by atoms with Crippen LogP contribution in [-0.2, 0) is 4.79 Å². The van der Waals surface area contributed by atoms with Crippen LogP contribution in [0.3, 0.4) is 0 Å². The van der Waals surface area contributed by atoms with E-state index in [9.17, 15) is 14.4 Å². The number of para-hydroxylation sites is 1. The Balaban J connectivity index is 1.12. The van der Waals surface area contributed by atoms with Gasteiger partial charge in [-0.25, -0.2) is 0 Å². The van der Waals surface area contributed by atoms with Crippen LogP contribution in [-0.4, -0.2) is 59.4 Å². The molecule has 1 N–H and O–H groups in total. The normalized spacial score (nSPS) is 30.5. The molecule has 33 heavy (non-hydrogen) atoms. The number of rotatable bonds is 2. The first-order chi connectivity index (χ1) is 16.0. The number of hydrogen-bond acceptors (Lipinski definition) is 5. The number of fused-ring (bicyclic) bond motifs is 3. The summed E-state index contributed by atoms with van der Waals surface area (Å²) in [6, 6.07) is 10.7. The van der Waals surface area contributed by atoms with E-state index >= 15 is 0 Å². The third kappa shape index (κ3) is 3.31. The number of nitrogens with zero attached hydrogens (tertiary/aromatic N) is 2. The second-order valence-corrected chi connectivity index (χ2v) is 9.62. The quantitative estimate of drug-likeness (QED) is 0.761. The van der Waals surface area contributed by atoms with Crippen molar-refractivity contribution in [2.75, 3.05) is 26.2 Å². The summed E-state index contributed by atoms with van der Waals surface area (Å²) in [5.74, 6) is 1.15. The van der Waals surface area contributed by atoms with Crippen LogP contribution in [0.1, 0.15) is 46.6 Å². The molecule has 172 valence electrons. The monoisotopic (exact) mass is 449 g/mol. The highest BCUT2D eigenvalue weighted by Crippen LogP contribution is 2.52. The molecule has 1 saturated heterocycles. The molecule has 2 bridgehead atoms. The van der Waals surface area contributed by atoms with Gasteiger partial charge in [0.2, 0.25) is 5.91 Å². The summed E-state index contributed by atoms with van der Waals surface area (Å²) < 4.78 is 11.6. The zero-order valence-corrected chi connectivity index (χ0v) is 18.4. The minimum Gasteiger partial charge on any atom is -0.467 e. The van der Waals surface area contributed by atoms with Crippen LogP contribution in [0.4, 0.5) is 0 Å². The Bertz CT molecular complexity index is 1090. The van der Waals surface area contributed by atoms with Gasteiger partial charge >= 0.3 is 0 Å². The van der Waals surface area contributed by atoms with Crippen LogP contribution >= 0.6 is 0 Å². The van der Waals surface area contributed by atoms with Gasteiger partial charge in [0, 0.05) is 44.4 Å². The predicted octanol–water partition coefficient (Wildman–Crippen LogP) is 2.52. The fraction of sp³-hybridized carbons (Fsp3) is 0.480. The van der Waals surface area contributed by atoms with E-state index in [2.05, 4.69) is 5.32 Å². The minimum absolute atomic E-state index is 0.0561. The zero-order chi connectivity index (χ0) is 22.6. The fourth-order valence-electron chi connectivity index (χ4n) is 6.18. The molecular weight excluding hydrogens is 422 g/mol. The van der Waals surface area contributed by atoms with E-state index in [1.54, 1.807) is 23.1 Å². The van der Waals surface area contributed by atoms with Gasteiger partial charge in [0.1, 0.15) is 5.75 Å². The summed E-state index contributed by atoms with van der Waals surface area (Å²) in [5.41, 5.74) is -0.140. The van der Waals surface area contributed by atoms with Crippen LogP contribution in [0.25, 0.3) is 0 Å². The van der Waals surface area contributed by atoms with E-state index in [1.165, 1.54) is 6.26 Å². The number of furan rings is 1.